The van der Waals surface area contributed by atoms with Crippen LogP contribution in [0.15, 0.2) is 170 Å². The lowest BCUT2D eigenvalue weighted by Crippen LogP contribution is -2.31. The Morgan fingerprint density at radius 2 is 0.356 bits per heavy atom. The highest BCUT2D eigenvalue weighted by molar-refractivity contribution is 5.76. The molecule has 0 N–H and O–H groups in total. The van der Waals surface area contributed by atoms with Gasteiger partial charge in [0.25, 0.3) is 0 Å². The van der Waals surface area contributed by atoms with Crippen LogP contribution in [0.3, 0.4) is 0 Å². The van der Waals surface area contributed by atoms with Crippen molar-refractivity contribution in [1.29, 1.82) is 0 Å². The van der Waals surface area contributed by atoms with Crippen molar-refractivity contribution in [1.82, 2.24) is 0 Å². The van der Waals surface area contributed by atoms with Crippen LogP contribution in [-0.2, 0) is 5.41 Å². The minimum atomic E-state index is -0.813. The van der Waals surface area contributed by atoms with Crippen LogP contribution in [-0.4, -0.2) is 0 Å². The molecule has 0 unspecified atom stereocenters. The third-order valence-corrected chi connectivity index (χ3v) is 12.4. The molecular formula is C73H44. The predicted octanol–water partition coefficient (Wildman–Crippen LogP) is 14.6. The van der Waals surface area contributed by atoms with Crippen molar-refractivity contribution in [3.05, 3.63) is 281 Å². The summed E-state index contributed by atoms with van der Waals surface area (Å²) >= 11 is 0. The zero-order valence-corrected chi connectivity index (χ0v) is 39.9. The van der Waals surface area contributed by atoms with E-state index in [0.717, 1.165) is 111 Å². The van der Waals surface area contributed by atoms with Crippen LogP contribution in [0.5, 0.6) is 0 Å². The lowest BCUT2D eigenvalue weighted by Gasteiger charge is -2.37. The molecule has 0 saturated heterocycles. The predicted molar refractivity (Wildman–Crippen MR) is 310 cm³/mol. The van der Waals surface area contributed by atoms with Gasteiger partial charge < -0.3 is 0 Å². The van der Waals surface area contributed by atoms with Gasteiger partial charge in [-0.1, -0.05) is 193 Å². The second-order valence-electron chi connectivity index (χ2n) is 17.1. The quantitative estimate of drug-likeness (QED) is 0.0651. The van der Waals surface area contributed by atoms with Gasteiger partial charge in [-0.25, -0.2) is 0 Å². The van der Waals surface area contributed by atoms with Crippen molar-refractivity contribution in [3.63, 3.8) is 0 Å². The molecule has 0 aliphatic carbocycles. The molecule has 0 radical (unpaired) electrons. The van der Waals surface area contributed by atoms with E-state index < -0.39 is 5.41 Å². The first-order chi connectivity index (χ1) is 35.7. The first-order valence-electron chi connectivity index (χ1n) is 23.2. The van der Waals surface area contributed by atoms with Crippen molar-refractivity contribution in [2.24, 2.45) is 0 Å². The molecule has 8 aromatic rings. The lowest BCUT2D eigenvalue weighted by atomic mass is 9.64. The average Bonchev–Trinajstić information content (AvgIpc) is 3.45. The molecular weight excluding hydrogens is 877 g/mol. The van der Waals surface area contributed by atoms with Crippen LogP contribution in [0.2, 0.25) is 0 Å². The Labute approximate surface area is 431 Å². The van der Waals surface area contributed by atoms with E-state index in [1.165, 1.54) is 0 Å². The van der Waals surface area contributed by atoms with Gasteiger partial charge in [-0.05, 0) is 140 Å². The second kappa shape index (κ2) is 22.5. The zero-order valence-electron chi connectivity index (χ0n) is 39.9. The summed E-state index contributed by atoms with van der Waals surface area (Å²) < 4.78 is 0. The maximum absolute atomic E-state index is 5.76. The van der Waals surface area contributed by atoms with Crippen molar-refractivity contribution in [2.45, 2.75) is 5.41 Å². The number of rotatable bonds is 12. The van der Waals surface area contributed by atoms with Crippen molar-refractivity contribution >= 4 is 48.6 Å². The Morgan fingerprint density at radius 1 is 0.205 bits per heavy atom. The van der Waals surface area contributed by atoms with Crippen molar-refractivity contribution in [3.8, 4) is 98.8 Å². The highest BCUT2D eigenvalue weighted by Crippen LogP contribution is 2.46. The number of hydrogen-bond donors (Lipinski definition) is 0. The molecule has 8 aromatic carbocycles. The Balaban J connectivity index is 1.27. The van der Waals surface area contributed by atoms with Crippen LogP contribution in [0.4, 0.5) is 0 Å². The fourth-order valence-electron chi connectivity index (χ4n) is 8.80. The minimum absolute atomic E-state index is 0.725. The van der Waals surface area contributed by atoms with Crippen LogP contribution < -0.4 is 0 Å². The van der Waals surface area contributed by atoms with E-state index in [1.54, 1.807) is 0 Å². The molecule has 336 valence electrons. The maximum atomic E-state index is 5.76. The SMILES string of the molecule is C#Cc1cc(C#C)cc(C=Cc2ccc(C(c3ccc(C=Cc4cc(C#C)cc(C#C)c4)cc3)(c3ccc(C=Cc4cc(C#C)cc(C#C)c4)cc3)c3ccc(C=Cc4cc(C#C)cc(C#C)c4)cc3)cc2)c1. The van der Waals surface area contributed by atoms with Gasteiger partial charge in [-0.15, -0.1) is 51.4 Å². The van der Waals surface area contributed by atoms with Gasteiger partial charge in [0.1, 0.15) is 0 Å². The first-order valence-corrected chi connectivity index (χ1v) is 23.2. The van der Waals surface area contributed by atoms with Gasteiger partial charge in [-0.3, -0.25) is 0 Å². The van der Waals surface area contributed by atoms with E-state index in [0.29, 0.717) is 0 Å². The molecule has 0 spiro atoms. The fraction of sp³-hybridized carbons (Fsp3) is 0.0137. The lowest BCUT2D eigenvalue weighted by molar-refractivity contribution is 0.744. The fourth-order valence-corrected chi connectivity index (χ4v) is 8.80. The van der Waals surface area contributed by atoms with Crippen LogP contribution in [0.25, 0.3) is 48.6 Å². The summed E-state index contributed by atoms with van der Waals surface area (Å²) in [6.07, 6.45) is 62.5. The molecule has 0 heteroatoms. The summed E-state index contributed by atoms with van der Waals surface area (Å²) in [5, 5.41) is 0. The summed E-state index contributed by atoms with van der Waals surface area (Å²) in [4.78, 5) is 0. The molecule has 0 aromatic heterocycles. The van der Waals surface area contributed by atoms with Crippen LogP contribution in [0, 0.1) is 98.8 Å². The van der Waals surface area contributed by atoms with Crippen LogP contribution in [0.1, 0.15) is 111 Å². The average molecular weight is 921 g/mol. The number of hydrogen-bond acceptors (Lipinski definition) is 0. The molecule has 0 heterocycles. The summed E-state index contributed by atoms with van der Waals surface area (Å²) in [6, 6.07) is 57.6. The third kappa shape index (κ3) is 11.4. The normalized spacial score (nSPS) is 11.6. The minimum Gasteiger partial charge on any atom is -0.115 e. The van der Waals surface area contributed by atoms with E-state index in [9.17, 15) is 0 Å². The van der Waals surface area contributed by atoms with Gasteiger partial charge in [0.2, 0.25) is 0 Å². The maximum Gasteiger partial charge on any atom is 0.0701 e. The van der Waals surface area contributed by atoms with E-state index in [1.807, 2.05) is 97.1 Å². The molecule has 8 rings (SSSR count). The Kier molecular flexibility index (Phi) is 15.0. The van der Waals surface area contributed by atoms with Gasteiger partial charge >= 0.3 is 0 Å². The molecule has 0 bridgehead atoms. The standard InChI is InChI=1S/C73H44/c1-9-53-41-54(10-2)46-65(45-53)21-17-61-25-33-69(34-26-61)73(70-35-27-62(28-36-70)18-22-66-47-55(11-3)42-56(12-4)48-66,71-37-29-63(30-38-71)19-23-67-49-57(13-5)43-58(14-6)50-67)72-39-31-64(32-40-72)20-24-68-51-59(15-7)44-60(16-8)52-68/h1-8,17-52H. The Hall–Kier alpha value is -10.8. The summed E-state index contributed by atoms with van der Waals surface area (Å²) in [5.41, 5.74) is 16.9. The van der Waals surface area contributed by atoms with E-state index in [4.69, 9.17) is 51.4 Å². The Bertz CT molecular complexity index is 3220. The van der Waals surface area contributed by atoms with Crippen molar-refractivity contribution in [2.75, 3.05) is 0 Å². The summed E-state index contributed by atoms with van der Waals surface area (Å²) in [5.74, 6) is 21.7. The van der Waals surface area contributed by atoms with Gasteiger partial charge in [0.05, 0.1) is 5.41 Å². The zero-order chi connectivity index (χ0) is 51.2. The highest BCUT2D eigenvalue weighted by atomic mass is 14.4. The van der Waals surface area contributed by atoms with Crippen LogP contribution >= 0.6 is 0 Å². The van der Waals surface area contributed by atoms with Gasteiger partial charge in [-0.2, -0.15) is 0 Å². The topological polar surface area (TPSA) is 0 Å². The second-order valence-corrected chi connectivity index (χ2v) is 17.1. The molecule has 0 atom stereocenters. The van der Waals surface area contributed by atoms with Gasteiger partial charge in [0, 0.05) is 44.5 Å². The monoisotopic (exact) mass is 920 g/mol. The van der Waals surface area contributed by atoms with Gasteiger partial charge in [0.15, 0.2) is 0 Å². The molecule has 0 amide bonds. The molecule has 73 heavy (non-hydrogen) atoms. The van der Waals surface area contributed by atoms with E-state index in [-0.39, 0.29) is 0 Å². The van der Waals surface area contributed by atoms with E-state index in [2.05, 4.69) is 169 Å². The number of benzene rings is 8. The molecule has 0 aliphatic rings. The summed E-state index contributed by atoms with van der Waals surface area (Å²) in [6.45, 7) is 0. The summed E-state index contributed by atoms with van der Waals surface area (Å²) in [7, 11) is 0. The number of terminal acetylenes is 8. The first kappa shape index (κ1) is 48.6. The molecule has 0 fully saturated rings. The largest absolute Gasteiger partial charge is 0.115 e. The smallest absolute Gasteiger partial charge is 0.0701 e. The third-order valence-electron chi connectivity index (χ3n) is 12.4. The molecule has 0 aliphatic heterocycles. The van der Waals surface area contributed by atoms with Crippen molar-refractivity contribution < 1.29 is 0 Å². The molecule has 0 nitrogen and oxygen atoms in total. The molecule has 0 saturated carbocycles. The Morgan fingerprint density at radius 3 is 0.507 bits per heavy atom. The van der Waals surface area contributed by atoms with E-state index >= 15 is 0 Å². The highest BCUT2D eigenvalue weighted by Gasteiger charge is 2.38.